The van der Waals surface area contributed by atoms with Crippen molar-refractivity contribution in [2.24, 2.45) is 0 Å². The van der Waals surface area contributed by atoms with Gasteiger partial charge in [-0.3, -0.25) is 4.79 Å². The smallest absolute Gasteiger partial charge is 0.305 e. The lowest BCUT2D eigenvalue weighted by molar-refractivity contribution is -0.140. The molecule has 1 N–H and O–H groups in total. The molecule has 0 aromatic heterocycles. The van der Waals surface area contributed by atoms with E-state index in [0.29, 0.717) is 6.42 Å². The van der Waals surface area contributed by atoms with Crippen molar-refractivity contribution in [2.45, 2.75) is 25.4 Å². The van der Waals surface area contributed by atoms with Gasteiger partial charge in [-0.05, 0) is 12.8 Å². The van der Waals surface area contributed by atoms with Gasteiger partial charge in [0.1, 0.15) is 0 Å². The number of nitrogens with one attached hydrogen (secondary N) is 1. The summed E-state index contributed by atoms with van der Waals surface area (Å²) in [5.41, 5.74) is 0. The molecule has 1 fully saturated rings. The second-order valence-electron chi connectivity index (χ2n) is 3.17. The van der Waals surface area contributed by atoms with Gasteiger partial charge in [0.05, 0.1) is 19.8 Å². The van der Waals surface area contributed by atoms with E-state index < -0.39 is 0 Å². The lowest BCUT2D eigenvalue weighted by Gasteiger charge is -2.23. The molecule has 4 nitrogen and oxygen atoms in total. The molecule has 1 unspecified atom stereocenters. The van der Waals surface area contributed by atoms with Crippen molar-refractivity contribution in [1.29, 1.82) is 0 Å². The Labute approximate surface area is 78.6 Å². The molecule has 0 spiro atoms. The molecular formula is C9H17NO3. The first-order valence-corrected chi connectivity index (χ1v) is 4.72. The van der Waals surface area contributed by atoms with Crippen molar-refractivity contribution < 1.29 is 14.3 Å². The van der Waals surface area contributed by atoms with E-state index in [1.54, 1.807) is 0 Å². The molecule has 4 heteroatoms. The molecule has 76 valence electrons. The minimum atomic E-state index is -0.135. The molecule has 0 saturated carbocycles. The van der Waals surface area contributed by atoms with Crippen LogP contribution < -0.4 is 5.32 Å². The van der Waals surface area contributed by atoms with E-state index in [1.807, 2.05) is 0 Å². The van der Waals surface area contributed by atoms with Crippen LogP contribution in [0.2, 0.25) is 0 Å². The highest BCUT2D eigenvalue weighted by Gasteiger charge is 2.13. The molecule has 1 rings (SSSR count). The normalized spacial score (nSPS) is 22.7. The van der Waals surface area contributed by atoms with Gasteiger partial charge in [0.15, 0.2) is 0 Å². The van der Waals surface area contributed by atoms with Gasteiger partial charge in [-0.1, -0.05) is 0 Å². The number of rotatable bonds is 4. The average molecular weight is 187 g/mol. The van der Waals surface area contributed by atoms with Crippen LogP contribution in [0.25, 0.3) is 0 Å². The van der Waals surface area contributed by atoms with Gasteiger partial charge in [0.2, 0.25) is 0 Å². The Morgan fingerprint density at radius 1 is 1.69 bits per heavy atom. The zero-order chi connectivity index (χ0) is 9.52. The molecule has 1 saturated heterocycles. The third kappa shape index (κ3) is 4.24. The second-order valence-corrected chi connectivity index (χ2v) is 3.17. The third-order valence-electron chi connectivity index (χ3n) is 2.14. The number of hydrogen-bond acceptors (Lipinski definition) is 4. The molecule has 1 aliphatic heterocycles. The van der Waals surface area contributed by atoms with Crippen LogP contribution in [0, 0.1) is 0 Å². The van der Waals surface area contributed by atoms with Crippen LogP contribution in [-0.4, -0.2) is 38.9 Å². The van der Waals surface area contributed by atoms with Crippen molar-refractivity contribution in [3.8, 4) is 0 Å². The lowest BCUT2D eigenvalue weighted by atomic mass is 10.1. The molecule has 0 aromatic carbocycles. The van der Waals surface area contributed by atoms with Crippen LogP contribution in [0.4, 0.5) is 0 Å². The maximum absolute atomic E-state index is 10.8. The average Bonchev–Trinajstić information content (AvgIpc) is 2.19. The van der Waals surface area contributed by atoms with Crippen molar-refractivity contribution >= 4 is 5.97 Å². The number of hydrogen-bond donors (Lipinski definition) is 1. The number of carbonyl (C=O) groups is 1. The Morgan fingerprint density at radius 3 is 3.15 bits per heavy atom. The van der Waals surface area contributed by atoms with Crippen LogP contribution in [0.3, 0.4) is 0 Å². The van der Waals surface area contributed by atoms with Crippen LogP contribution in [-0.2, 0) is 14.3 Å². The summed E-state index contributed by atoms with van der Waals surface area (Å²) in [6.45, 7) is 2.62. The predicted molar refractivity (Wildman–Crippen MR) is 48.5 cm³/mol. The first-order chi connectivity index (χ1) is 6.33. The molecule has 13 heavy (non-hydrogen) atoms. The highest BCUT2D eigenvalue weighted by atomic mass is 16.5. The highest BCUT2D eigenvalue weighted by molar-refractivity contribution is 5.68. The Kier molecular flexibility index (Phi) is 4.78. The van der Waals surface area contributed by atoms with Crippen LogP contribution >= 0.6 is 0 Å². The Balaban J connectivity index is 2.01. The molecule has 1 atom stereocenters. The quantitative estimate of drug-likeness (QED) is 0.644. The van der Waals surface area contributed by atoms with Crippen LogP contribution in [0.5, 0.6) is 0 Å². The molecule has 1 heterocycles. The summed E-state index contributed by atoms with van der Waals surface area (Å²) >= 11 is 0. The summed E-state index contributed by atoms with van der Waals surface area (Å²) in [5, 5.41) is 3.25. The van der Waals surface area contributed by atoms with Crippen LogP contribution in [0.15, 0.2) is 0 Å². The van der Waals surface area contributed by atoms with E-state index >= 15 is 0 Å². The fourth-order valence-electron chi connectivity index (χ4n) is 1.38. The Hall–Kier alpha value is -0.610. The van der Waals surface area contributed by atoms with E-state index in [0.717, 1.165) is 32.5 Å². The largest absolute Gasteiger partial charge is 0.469 e. The van der Waals surface area contributed by atoms with Crippen molar-refractivity contribution in [3.05, 3.63) is 0 Å². The molecular weight excluding hydrogens is 170 g/mol. The van der Waals surface area contributed by atoms with E-state index in [9.17, 15) is 4.79 Å². The van der Waals surface area contributed by atoms with E-state index in [1.165, 1.54) is 7.11 Å². The summed E-state index contributed by atoms with van der Waals surface area (Å²) < 4.78 is 10.0. The number of morpholine rings is 1. The molecule has 0 amide bonds. The summed E-state index contributed by atoms with van der Waals surface area (Å²) in [5.74, 6) is -0.135. The minimum Gasteiger partial charge on any atom is -0.469 e. The van der Waals surface area contributed by atoms with Crippen molar-refractivity contribution in [3.63, 3.8) is 0 Å². The first kappa shape index (κ1) is 10.5. The standard InChI is InChI=1S/C9H17NO3/c1-12-9(11)4-2-3-8-7-10-5-6-13-8/h8,10H,2-7H2,1H3. The Bertz CT molecular complexity index is 155. The van der Waals surface area contributed by atoms with E-state index in [4.69, 9.17) is 4.74 Å². The summed E-state index contributed by atoms with van der Waals surface area (Å²) in [6, 6.07) is 0. The van der Waals surface area contributed by atoms with Crippen molar-refractivity contribution in [2.75, 3.05) is 26.8 Å². The number of esters is 1. The van der Waals surface area contributed by atoms with Crippen LogP contribution in [0.1, 0.15) is 19.3 Å². The fraction of sp³-hybridized carbons (Fsp3) is 0.889. The highest BCUT2D eigenvalue weighted by Crippen LogP contribution is 2.07. The summed E-state index contributed by atoms with van der Waals surface area (Å²) in [6.07, 6.45) is 2.55. The molecule has 1 aliphatic rings. The number of methoxy groups -OCH3 is 1. The predicted octanol–water partition coefficient (Wildman–Crippen LogP) is 0.318. The van der Waals surface area contributed by atoms with Gasteiger partial charge in [0.25, 0.3) is 0 Å². The first-order valence-electron chi connectivity index (χ1n) is 4.72. The van der Waals surface area contributed by atoms with E-state index in [-0.39, 0.29) is 12.1 Å². The molecule has 0 aliphatic carbocycles. The van der Waals surface area contributed by atoms with Gasteiger partial charge in [-0.15, -0.1) is 0 Å². The van der Waals surface area contributed by atoms with Gasteiger partial charge in [-0.2, -0.15) is 0 Å². The van der Waals surface area contributed by atoms with Crippen molar-refractivity contribution in [1.82, 2.24) is 5.32 Å². The maximum atomic E-state index is 10.8. The minimum absolute atomic E-state index is 0.135. The topological polar surface area (TPSA) is 47.6 Å². The second kappa shape index (κ2) is 5.94. The Morgan fingerprint density at radius 2 is 2.54 bits per heavy atom. The van der Waals surface area contributed by atoms with Gasteiger partial charge >= 0.3 is 5.97 Å². The summed E-state index contributed by atoms with van der Waals surface area (Å²) in [4.78, 5) is 10.8. The lowest BCUT2D eigenvalue weighted by Crippen LogP contribution is -2.38. The fourth-order valence-corrected chi connectivity index (χ4v) is 1.38. The zero-order valence-electron chi connectivity index (χ0n) is 8.04. The van der Waals surface area contributed by atoms with Gasteiger partial charge in [0, 0.05) is 19.5 Å². The third-order valence-corrected chi connectivity index (χ3v) is 2.14. The maximum Gasteiger partial charge on any atom is 0.305 e. The SMILES string of the molecule is COC(=O)CCCC1CNCCO1. The van der Waals surface area contributed by atoms with Gasteiger partial charge < -0.3 is 14.8 Å². The number of carbonyl (C=O) groups excluding carboxylic acids is 1. The zero-order valence-corrected chi connectivity index (χ0v) is 8.04. The molecule has 0 bridgehead atoms. The molecule has 0 aromatic rings. The van der Waals surface area contributed by atoms with E-state index in [2.05, 4.69) is 10.1 Å². The molecule has 0 radical (unpaired) electrons. The monoisotopic (exact) mass is 187 g/mol. The summed E-state index contributed by atoms with van der Waals surface area (Å²) in [7, 11) is 1.42. The van der Waals surface area contributed by atoms with Gasteiger partial charge in [-0.25, -0.2) is 0 Å². The number of ether oxygens (including phenoxy) is 2.